The molecule has 3 aromatic rings. The second-order valence-corrected chi connectivity index (χ2v) is 7.14. The molecule has 1 aliphatic rings. The van der Waals surface area contributed by atoms with E-state index in [9.17, 15) is 0 Å². The van der Waals surface area contributed by atoms with Crippen molar-refractivity contribution < 1.29 is 9.84 Å². The number of rotatable bonds is 7. The van der Waals surface area contributed by atoms with Crippen LogP contribution >= 0.6 is 0 Å². The molecular weight excluding hydrogens is 380 g/mol. The summed E-state index contributed by atoms with van der Waals surface area (Å²) >= 11 is 0. The van der Waals surface area contributed by atoms with Gasteiger partial charge in [0, 0.05) is 13.0 Å². The van der Waals surface area contributed by atoms with Gasteiger partial charge in [-0.25, -0.2) is 0 Å². The quantitative estimate of drug-likeness (QED) is 0.451. The molecule has 1 N–H and O–H groups in total. The Morgan fingerprint density at radius 1 is 0.710 bits per heavy atom. The van der Waals surface area contributed by atoms with Crippen molar-refractivity contribution in [2.24, 2.45) is 0 Å². The van der Waals surface area contributed by atoms with Gasteiger partial charge in [-0.15, -0.1) is 0 Å². The van der Waals surface area contributed by atoms with Crippen molar-refractivity contribution in [3.8, 4) is 0 Å². The number of hydrogen-bond acceptors (Lipinski definition) is 2. The molecule has 160 valence electrons. The van der Waals surface area contributed by atoms with Crippen molar-refractivity contribution in [1.29, 1.82) is 0 Å². The summed E-state index contributed by atoms with van der Waals surface area (Å²) in [5, 5.41) is 8.63. The molecule has 2 heteroatoms. The highest BCUT2D eigenvalue weighted by Crippen LogP contribution is 2.16. The van der Waals surface area contributed by atoms with Crippen molar-refractivity contribution in [2.45, 2.75) is 18.9 Å². The van der Waals surface area contributed by atoms with Crippen LogP contribution in [0.15, 0.2) is 98.6 Å². The van der Waals surface area contributed by atoms with E-state index in [2.05, 4.69) is 44.0 Å². The average Bonchev–Trinajstić information content (AvgIpc) is 3.66. The van der Waals surface area contributed by atoms with E-state index in [0.717, 1.165) is 30.6 Å². The summed E-state index contributed by atoms with van der Waals surface area (Å²) in [5.41, 5.74) is 5.98. The monoisotopic (exact) mass is 412 g/mol. The first kappa shape index (κ1) is 24.1. The number of aliphatic hydroxyl groups excluding tert-OH is 1. The molecule has 1 heterocycles. The zero-order valence-electron chi connectivity index (χ0n) is 18.1. The summed E-state index contributed by atoms with van der Waals surface area (Å²) in [6, 6.07) is 26.5. The molecule has 1 saturated heterocycles. The maximum absolute atomic E-state index is 8.63. The molecule has 4 rings (SSSR count). The average molecular weight is 413 g/mol. The molecule has 0 bridgehead atoms. The topological polar surface area (TPSA) is 32.8 Å². The van der Waals surface area contributed by atoms with Gasteiger partial charge in [-0.05, 0) is 34.2 Å². The lowest BCUT2D eigenvalue weighted by molar-refractivity contribution is 0.299. The number of benzene rings is 3. The Bertz CT molecular complexity index is 905. The lowest BCUT2D eigenvalue weighted by atomic mass is 10.1. The summed E-state index contributed by atoms with van der Waals surface area (Å²) in [6.45, 7) is 12.1. The van der Waals surface area contributed by atoms with E-state index in [1.54, 1.807) is 0 Å². The van der Waals surface area contributed by atoms with Gasteiger partial charge in [-0.2, -0.15) is 0 Å². The summed E-state index contributed by atoms with van der Waals surface area (Å²) in [6.07, 6.45) is 7.77. The van der Waals surface area contributed by atoms with E-state index >= 15 is 0 Å². The number of epoxide rings is 1. The Morgan fingerprint density at radius 3 is 1.55 bits per heavy atom. The van der Waals surface area contributed by atoms with Crippen molar-refractivity contribution in [2.75, 3.05) is 13.2 Å². The SMILES string of the molecule is C=Cc1ccc(CC2CO2)cc1.C=Cc1ccc(CCO)cc1.C=Cc1ccccc1. The Balaban J connectivity index is 0.000000169. The van der Waals surface area contributed by atoms with Crippen molar-refractivity contribution in [3.63, 3.8) is 0 Å². The van der Waals surface area contributed by atoms with Crippen LogP contribution in [0.25, 0.3) is 18.2 Å². The van der Waals surface area contributed by atoms with Crippen molar-refractivity contribution in [3.05, 3.63) is 126 Å². The fourth-order valence-electron chi connectivity index (χ4n) is 2.78. The van der Waals surface area contributed by atoms with E-state index in [1.165, 1.54) is 16.7 Å². The third-order valence-corrected chi connectivity index (χ3v) is 4.73. The number of hydrogen-bond donors (Lipinski definition) is 1. The molecule has 1 unspecified atom stereocenters. The van der Waals surface area contributed by atoms with Gasteiger partial charge in [-0.3, -0.25) is 0 Å². The van der Waals surface area contributed by atoms with E-state index in [4.69, 9.17) is 9.84 Å². The molecule has 0 aliphatic carbocycles. The van der Waals surface area contributed by atoms with Gasteiger partial charge in [0.15, 0.2) is 0 Å². The minimum atomic E-state index is 0.216. The van der Waals surface area contributed by atoms with Gasteiger partial charge in [0.2, 0.25) is 0 Å². The Labute approximate surface area is 186 Å². The second-order valence-electron chi connectivity index (χ2n) is 7.14. The van der Waals surface area contributed by atoms with Gasteiger partial charge in [0.1, 0.15) is 0 Å². The fraction of sp³-hybridized carbons (Fsp3) is 0.172. The molecule has 0 radical (unpaired) electrons. The lowest BCUT2D eigenvalue weighted by Crippen LogP contribution is -1.91. The van der Waals surface area contributed by atoms with Crippen LogP contribution in [0.1, 0.15) is 27.8 Å². The van der Waals surface area contributed by atoms with Gasteiger partial charge < -0.3 is 9.84 Å². The van der Waals surface area contributed by atoms with Crippen molar-refractivity contribution in [1.82, 2.24) is 0 Å². The first-order chi connectivity index (χ1) is 15.2. The molecule has 1 fully saturated rings. The maximum Gasteiger partial charge on any atom is 0.0850 e. The van der Waals surface area contributed by atoms with Gasteiger partial charge in [0.05, 0.1) is 12.7 Å². The second kappa shape index (κ2) is 13.9. The molecule has 0 aromatic heterocycles. The van der Waals surface area contributed by atoms with E-state index in [1.807, 2.05) is 72.8 Å². The first-order valence-corrected chi connectivity index (χ1v) is 10.5. The van der Waals surface area contributed by atoms with Gasteiger partial charge in [0.25, 0.3) is 0 Å². The highest BCUT2D eigenvalue weighted by molar-refractivity contribution is 5.48. The van der Waals surface area contributed by atoms with E-state index in [-0.39, 0.29) is 6.61 Å². The maximum atomic E-state index is 8.63. The van der Waals surface area contributed by atoms with Gasteiger partial charge in [-0.1, -0.05) is 117 Å². The number of aliphatic hydroxyl groups is 1. The van der Waals surface area contributed by atoms with Crippen LogP contribution in [0.5, 0.6) is 0 Å². The molecule has 3 aromatic carbocycles. The van der Waals surface area contributed by atoms with Gasteiger partial charge >= 0.3 is 0 Å². The summed E-state index contributed by atoms with van der Waals surface area (Å²) < 4.78 is 5.15. The highest BCUT2D eigenvalue weighted by Gasteiger charge is 2.22. The van der Waals surface area contributed by atoms with Crippen LogP contribution in [-0.4, -0.2) is 24.4 Å². The Hall–Kier alpha value is -3.20. The van der Waals surface area contributed by atoms with Crippen LogP contribution in [-0.2, 0) is 17.6 Å². The van der Waals surface area contributed by atoms with Crippen molar-refractivity contribution >= 4 is 18.2 Å². The predicted octanol–water partition coefficient (Wildman–Crippen LogP) is 6.46. The van der Waals surface area contributed by atoms with E-state index in [0.29, 0.717) is 6.10 Å². The summed E-state index contributed by atoms with van der Waals surface area (Å²) in [4.78, 5) is 0. The molecule has 31 heavy (non-hydrogen) atoms. The van der Waals surface area contributed by atoms with Crippen LogP contribution in [0, 0.1) is 0 Å². The highest BCUT2D eigenvalue weighted by atomic mass is 16.6. The minimum Gasteiger partial charge on any atom is -0.396 e. The van der Waals surface area contributed by atoms with Crippen LogP contribution in [0.3, 0.4) is 0 Å². The van der Waals surface area contributed by atoms with E-state index < -0.39 is 0 Å². The molecule has 0 amide bonds. The molecule has 0 spiro atoms. The predicted molar refractivity (Wildman–Crippen MR) is 134 cm³/mol. The standard InChI is InChI=1S/C11H12O.C10H12O.C8H8/c1-2-9-3-5-10(6-4-9)7-11-8-12-11;1-2-9-3-5-10(6-4-9)7-8-11;1-2-8-6-4-3-5-7-8/h2-6,11H,1,7-8H2;2-6,11H,1,7-8H2;2-7H,1H2. The molecule has 0 saturated carbocycles. The first-order valence-electron chi connectivity index (χ1n) is 10.5. The number of ether oxygens (including phenoxy) is 1. The zero-order chi connectivity index (χ0) is 22.3. The summed E-state index contributed by atoms with van der Waals surface area (Å²) in [5.74, 6) is 0. The lowest BCUT2D eigenvalue weighted by Gasteiger charge is -1.97. The minimum absolute atomic E-state index is 0.216. The third-order valence-electron chi connectivity index (χ3n) is 4.73. The molecule has 2 nitrogen and oxygen atoms in total. The smallest absolute Gasteiger partial charge is 0.0850 e. The Morgan fingerprint density at radius 2 is 1.16 bits per heavy atom. The third kappa shape index (κ3) is 9.90. The fourth-order valence-corrected chi connectivity index (χ4v) is 2.78. The molecular formula is C29H32O2. The zero-order valence-corrected chi connectivity index (χ0v) is 18.1. The van der Waals surface area contributed by atoms with Crippen LogP contribution in [0.4, 0.5) is 0 Å². The van der Waals surface area contributed by atoms with Crippen LogP contribution in [0.2, 0.25) is 0 Å². The molecule has 1 atom stereocenters. The van der Waals surface area contributed by atoms with Crippen LogP contribution < -0.4 is 0 Å². The Kier molecular flexibility index (Phi) is 10.8. The molecule has 1 aliphatic heterocycles. The summed E-state index contributed by atoms with van der Waals surface area (Å²) in [7, 11) is 0. The largest absolute Gasteiger partial charge is 0.396 e. The normalized spacial score (nSPS) is 13.5.